The van der Waals surface area contributed by atoms with Crippen LogP contribution in [0.5, 0.6) is 0 Å². The average molecular weight is 341 g/mol. The van der Waals surface area contributed by atoms with Crippen LogP contribution in [-0.4, -0.2) is 17.4 Å². The smallest absolute Gasteiger partial charge is 0.0654 e. The number of aromatic nitrogens is 1. The van der Waals surface area contributed by atoms with Crippen molar-refractivity contribution in [1.82, 2.24) is 4.98 Å². The Morgan fingerprint density at radius 2 is 1.12 bits per heavy atom. The summed E-state index contributed by atoms with van der Waals surface area (Å²) in [6, 6.07) is 22.4. The Hall–Kier alpha value is -3.07. The lowest BCUT2D eigenvalue weighted by Gasteiger charge is -2.01. The van der Waals surface area contributed by atoms with Gasteiger partial charge in [0.15, 0.2) is 0 Å². The summed E-state index contributed by atoms with van der Waals surface area (Å²) in [5.41, 5.74) is 6.41. The first kappa shape index (κ1) is 17.7. The van der Waals surface area contributed by atoms with Gasteiger partial charge in [-0.2, -0.15) is 0 Å². The molecule has 0 spiro atoms. The highest BCUT2D eigenvalue weighted by molar-refractivity contribution is 5.68. The third-order valence-corrected chi connectivity index (χ3v) is 4.16. The van der Waals surface area contributed by atoms with Crippen molar-refractivity contribution in [3.8, 4) is 0 Å². The maximum atomic E-state index is 4.70. The van der Waals surface area contributed by atoms with E-state index in [1.165, 1.54) is 11.1 Å². The Kier molecular flexibility index (Phi) is 6.05. The van der Waals surface area contributed by atoms with Crippen molar-refractivity contribution < 1.29 is 0 Å². The summed E-state index contributed by atoms with van der Waals surface area (Å²) >= 11 is 0. The summed E-state index contributed by atoms with van der Waals surface area (Å²) in [4.78, 5) is 13.8. The van der Waals surface area contributed by atoms with Gasteiger partial charge in [-0.1, -0.05) is 42.5 Å². The van der Waals surface area contributed by atoms with Gasteiger partial charge in [-0.3, -0.25) is 15.0 Å². The van der Waals surface area contributed by atoms with E-state index in [0.717, 1.165) is 35.6 Å². The van der Waals surface area contributed by atoms with Gasteiger partial charge < -0.3 is 0 Å². The molecule has 130 valence electrons. The maximum Gasteiger partial charge on any atom is 0.0654 e. The van der Waals surface area contributed by atoms with Crippen LogP contribution in [0.2, 0.25) is 0 Å². The zero-order chi connectivity index (χ0) is 18.2. The molecule has 1 aromatic heterocycles. The second-order valence-corrected chi connectivity index (χ2v) is 6.22. The van der Waals surface area contributed by atoms with Crippen LogP contribution in [0.15, 0.2) is 76.7 Å². The molecule has 0 atom stereocenters. The number of benzene rings is 2. The molecule has 0 unspecified atom stereocenters. The maximum absolute atomic E-state index is 4.70. The van der Waals surface area contributed by atoms with Crippen molar-refractivity contribution in [3.63, 3.8) is 0 Å². The number of hydrogen-bond donors (Lipinski definition) is 0. The molecule has 0 aliphatic carbocycles. The van der Waals surface area contributed by atoms with Gasteiger partial charge in [-0.25, -0.2) is 0 Å². The number of nitrogens with zero attached hydrogens (tertiary/aromatic N) is 3. The predicted molar refractivity (Wildman–Crippen MR) is 110 cm³/mol. The van der Waals surface area contributed by atoms with Crippen LogP contribution in [0.1, 0.15) is 22.5 Å². The van der Waals surface area contributed by atoms with Crippen molar-refractivity contribution in [2.75, 3.05) is 0 Å². The van der Waals surface area contributed by atoms with E-state index in [2.05, 4.69) is 36.0 Å². The van der Waals surface area contributed by atoms with Gasteiger partial charge in [0.05, 0.1) is 11.4 Å². The number of pyridine rings is 1. The van der Waals surface area contributed by atoms with Crippen LogP contribution in [0.4, 0.5) is 11.4 Å². The Morgan fingerprint density at radius 1 is 0.654 bits per heavy atom. The van der Waals surface area contributed by atoms with Crippen LogP contribution in [-0.2, 0) is 12.8 Å². The molecule has 0 aliphatic rings. The number of hydrogen-bond acceptors (Lipinski definition) is 3. The van der Waals surface area contributed by atoms with Gasteiger partial charge in [0, 0.05) is 36.7 Å². The molecule has 26 heavy (non-hydrogen) atoms. The monoisotopic (exact) mass is 341 g/mol. The van der Waals surface area contributed by atoms with Gasteiger partial charge >= 0.3 is 0 Å². The van der Waals surface area contributed by atoms with Crippen LogP contribution < -0.4 is 0 Å². The second-order valence-electron chi connectivity index (χ2n) is 6.22. The summed E-state index contributed by atoms with van der Waals surface area (Å²) in [6.45, 7) is 4.14. The summed E-state index contributed by atoms with van der Waals surface area (Å²) in [7, 11) is 0. The molecule has 0 saturated heterocycles. The molecule has 0 bridgehead atoms. The number of rotatable bonds is 6. The third kappa shape index (κ3) is 4.96. The van der Waals surface area contributed by atoms with E-state index in [1.54, 1.807) is 0 Å². The fraction of sp³-hybridized carbons (Fsp3) is 0.174. The van der Waals surface area contributed by atoms with E-state index < -0.39 is 0 Å². The van der Waals surface area contributed by atoms with E-state index in [4.69, 9.17) is 4.98 Å². The molecule has 1 heterocycles. The summed E-state index contributed by atoms with van der Waals surface area (Å²) < 4.78 is 0. The lowest BCUT2D eigenvalue weighted by atomic mass is 10.2. The molecular formula is C23H23N3. The van der Waals surface area contributed by atoms with Crippen molar-refractivity contribution in [3.05, 3.63) is 89.2 Å². The van der Waals surface area contributed by atoms with Crippen LogP contribution in [0, 0.1) is 13.8 Å². The Bertz CT molecular complexity index is 853. The lowest BCUT2D eigenvalue weighted by Crippen LogP contribution is -1.97. The highest BCUT2D eigenvalue weighted by Gasteiger charge is 1.98. The Labute approximate surface area is 155 Å². The predicted octanol–water partition coefficient (Wildman–Crippen LogP) is 5.59. The topological polar surface area (TPSA) is 37.6 Å². The van der Waals surface area contributed by atoms with E-state index >= 15 is 0 Å². The van der Waals surface area contributed by atoms with Crippen molar-refractivity contribution >= 4 is 23.8 Å². The van der Waals surface area contributed by atoms with Crippen LogP contribution in [0.25, 0.3) is 0 Å². The highest BCUT2D eigenvalue weighted by atomic mass is 14.8. The van der Waals surface area contributed by atoms with Gasteiger partial charge in [-0.05, 0) is 49.2 Å². The number of aryl methyl sites for hydroxylation is 2. The summed E-state index contributed by atoms with van der Waals surface area (Å²) in [5, 5.41) is 0. The molecular weight excluding hydrogens is 318 g/mol. The molecule has 3 rings (SSSR count). The van der Waals surface area contributed by atoms with Gasteiger partial charge in [-0.15, -0.1) is 0 Å². The van der Waals surface area contributed by atoms with Crippen LogP contribution in [0.3, 0.4) is 0 Å². The van der Waals surface area contributed by atoms with E-state index in [0.29, 0.717) is 0 Å². The molecule has 0 radical (unpaired) electrons. The average Bonchev–Trinajstić information content (AvgIpc) is 2.65. The van der Waals surface area contributed by atoms with Crippen LogP contribution >= 0.6 is 0 Å². The quantitative estimate of drug-likeness (QED) is 0.539. The van der Waals surface area contributed by atoms with Crippen molar-refractivity contribution in [2.24, 2.45) is 9.98 Å². The minimum Gasteiger partial charge on any atom is -0.261 e. The first-order valence-corrected chi connectivity index (χ1v) is 8.83. The zero-order valence-electron chi connectivity index (χ0n) is 15.3. The number of para-hydroxylation sites is 2. The van der Waals surface area contributed by atoms with Gasteiger partial charge in [0.1, 0.15) is 0 Å². The second kappa shape index (κ2) is 8.86. The molecule has 0 saturated carbocycles. The Morgan fingerprint density at radius 3 is 1.58 bits per heavy atom. The lowest BCUT2D eigenvalue weighted by molar-refractivity contribution is 1.06. The van der Waals surface area contributed by atoms with Crippen molar-refractivity contribution in [2.45, 2.75) is 26.7 Å². The molecule has 0 fully saturated rings. The standard InChI is InChI=1S/C23H23N3/c1-18-8-3-5-12-22(18)24-16-14-20-10-7-11-21(26-20)15-17-25-23-13-6-4-9-19(23)2/h3-13,16-17H,14-15H2,1-2H3. The molecule has 0 amide bonds. The summed E-state index contributed by atoms with van der Waals surface area (Å²) in [6.07, 6.45) is 5.29. The molecule has 2 aromatic carbocycles. The highest BCUT2D eigenvalue weighted by Crippen LogP contribution is 2.17. The normalized spacial score (nSPS) is 11.5. The minimum atomic E-state index is 0.719. The molecule has 3 nitrogen and oxygen atoms in total. The molecule has 3 aromatic rings. The van der Waals surface area contributed by atoms with Gasteiger partial charge in [0.25, 0.3) is 0 Å². The third-order valence-electron chi connectivity index (χ3n) is 4.16. The van der Waals surface area contributed by atoms with Gasteiger partial charge in [0.2, 0.25) is 0 Å². The molecule has 0 N–H and O–H groups in total. The van der Waals surface area contributed by atoms with E-state index in [9.17, 15) is 0 Å². The molecule has 0 aliphatic heterocycles. The fourth-order valence-electron chi connectivity index (χ4n) is 2.65. The Balaban J connectivity index is 1.61. The van der Waals surface area contributed by atoms with E-state index in [-0.39, 0.29) is 0 Å². The van der Waals surface area contributed by atoms with E-state index in [1.807, 2.05) is 67.0 Å². The number of aliphatic imine (C=N–C) groups is 2. The zero-order valence-corrected chi connectivity index (χ0v) is 15.3. The first-order valence-electron chi connectivity index (χ1n) is 8.83. The molecule has 3 heteroatoms. The summed E-state index contributed by atoms with van der Waals surface area (Å²) in [5.74, 6) is 0. The largest absolute Gasteiger partial charge is 0.261 e. The SMILES string of the molecule is Cc1ccccc1N=CCc1cccc(CC=Nc2ccccc2C)n1. The van der Waals surface area contributed by atoms with Crippen molar-refractivity contribution in [1.29, 1.82) is 0 Å². The minimum absolute atomic E-state index is 0.719. The fourth-order valence-corrected chi connectivity index (χ4v) is 2.65. The first-order chi connectivity index (χ1) is 12.7.